The van der Waals surface area contributed by atoms with Crippen LogP contribution in [0.25, 0.3) is 11.2 Å². The third-order valence-corrected chi connectivity index (χ3v) is 3.83. The number of hydrogen-bond donors (Lipinski definition) is 3. The summed E-state index contributed by atoms with van der Waals surface area (Å²) in [5.74, 6) is -0.119. The van der Waals surface area contributed by atoms with Crippen LogP contribution in [0.4, 0.5) is 0 Å². The summed E-state index contributed by atoms with van der Waals surface area (Å²) in [4.78, 5) is 20.6. The number of nitrogens with zero attached hydrogens (tertiary/aromatic N) is 4. The summed E-state index contributed by atoms with van der Waals surface area (Å²) in [5, 5.41) is 17.0. The predicted octanol–water partition coefficient (Wildman–Crippen LogP) is 0.497. The number of H-pyrrole nitrogens is 1. The molecule has 1 fully saturated rings. The lowest BCUT2D eigenvalue weighted by Crippen LogP contribution is -2.47. The van der Waals surface area contributed by atoms with E-state index in [4.69, 9.17) is 4.74 Å². The first-order chi connectivity index (χ1) is 11.3. The molecule has 0 aliphatic carbocycles. The van der Waals surface area contributed by atoms with Gasteiger partial charge in [0.1, 0.15) is 5.69 Å². The van der Waals surface area contributed by atoms with Gasteiger partial charge < -0.3 is 15.4 Å². The Labute approximate surface area is 140 Å². The van der Waals surface area contributed by atoms with Crippen LogP contribution in [0.1, 0.15) is 39.8 Å². The van der Waals surface area contributed by atoms with E-state index in [1.165, 1.54) is 6.92 Å². The van der Waals surface area contributed by atoms with Crippen molar-refractivity contribution < 1.29 is 9.53 Å². The summed E-state index contributed by atoms with van der Waals surface area (Å²) in [7, 11) is 0. The standard InChI is InChI=1S/C15H23N7O2/c1-9(23)19-15(5-6-16-7-15)11-10-12(21-22-20-10)18-13(17-11)24-8-14(2,3)4/h16H,5-8H2,1-4H3,(H,19,23)(H,17,18,20,21,22)/t15-/m0/s1. The molecule has 130 valence electrons. The van der Waals surface area contributed by atoms with Crippen LogP contribution in [-0.2, 0) is 10.3 Å². The molecular formula is C15H23N7O2. The van der Waals surface area contributed by atoms with E-state index in [2.05, 4.69) is 56.8 Å². The molecule has 3 rings (SSSR count). The SMILES string of the molecule is CC(=O)N[C@@]1(c2nc(OCC(C)(C)C)nc3[nH]nnc23)CCNC1. The van der Waals surface area contributed by atoms with Gasteiger partial charge in [-0.1, -0.05) is 26.0 Å². The van der Waals surface area contributed by atoms with Crippen LogP contribution in [0.15, 0.2) is 0 Å². The van der Waals surface area contributed by atoms with Gasteiger partial charge in [0.05, 0.1) is 12.1 Å². The minimum atomic E-state index is -0.635. The summed E-state index contributed by atoms with van der Waals surface area (Å²) >= 11 is 0. The average Bonchev–Trinajstić information content (AvgIpc) is 3.12. The van der Waals surface area contributed by atoms with Crippen LogP contribution in [0, 0.1) is 5.41 Å². The lowest BCUT2D eigenvalue weighted by atomic mass is 9.93. The molecule has 1 atom stereocenters. The first-order valence-corrected chi connectivity index (χ1v) is 8.01. The van der Waals surface area contributed by atoms with Crippen molar-refractivity contribution >= 4 is 17.1 Å². The molecule has 9 heteroatoms. The fourth-order valence-electron chi connectivity index (χ4n) is 2.81. The molecule has 0 saturated carbocycles. The Morgan fingerprint density at radius 1 is 1.38 bits per heavy atom. The van der Waals surface area contributed by atoms with E-state index in [-0.39, 0.29) is 17.3 Å². The van der Waals surface area contributed by atoms with E-state index < -0.39 is 5.54 Å². The van der Waals surface area contributed by atoms with Crippen LogP contribution in [0.2, 0.25) is 0 Å². The maximum absolute atomic E-state index is 11.7. The molecule has 1 aliphatic heterocycles. The molecule has 1 saturated heterocycles. The number of nitrogens with one attached hydrogen (secondary N) is 3. The maximum atomic E-state index is 11.7. The zero-order chi connectivity index (χ0) is 17.4. The number of amides is 1. The van der Waals surface area contributed by atoms with Gasteiger partial charge in [-0.05, 0) is 18.4 Å². The number of carbonyl (C=O) groups is 1. The highest BCUT2D eigenvalue weighted by atomic mass is 16.5. The van der Waals surface area contributed by atoms with E-state index in [0.29, 0.717) is 36.4 Å². The second-order valence-corrected chi connectivity index (χ2v) is 7.40. The smallest absolute Gasteiger partial charge is 0.318 e. The fourth-order valence-corrected chi connectivity index (χ4v) is 2.81. The van der Waals surface area contributed by atoms with Crippen molar-refractivity contribution in [2.45, 2.75) is 39.7 Å². The van der Waals surface area contributed by atoms with Crippen LogP contribution in [-0.4, -0.2) is 51.0 Å². The molecule has 24 heavy (non-hydrogen) atoms. The summed E-state index contributed by atoms with van der Waals surface area (Å²) in [6, 6.07) is 0.259. The van der Waals surface area contributed by atoms with Crippen molar-refractivity contribution in [3.63, 3.8) is 0 Å². The van der Waals surface area contributed by atoms with Crippen molar-refractivity contribution in [1.82, 2.24) is 36.0 Å². The number of aromatic nitrogens is 5. The van der Waals surface area contributed by atoms with Gasteiger partial charge in [0.15, 0.2) is 11.2 Å². The monoisotopic (exact) mass is 333 g/mol. The summed E-state index contributed by atoms with van der Waals surface area (Å²) in [6.45, 7) is 9.55. The first kappa shape index (κ1) is 16.6. The molecule has 0 bridgehead atoms. The highest BCUT2D eigenvalue weighted by Crippen LogP contribution is 2.31. The van der Waals surface area contributed by atoms with Gasteiger partial charge in [-0.25, -0.2) is 5.10 Å². The van der Waals surface area contributed by atoms with Gasteiger partial charge in [-0.3, -0.25) is 4.79 Å². The number of carbonyl (C=O) groups excluding carboxylic acids is 1. The average molecular weight is 333 g/mol. The lowest BCUT2D eigenvalue weighted by Gasteiger charge is -2.28. The molecule has 3 N–H and O–H groups in total. The maximum Gasteiger partial charge on any atom is 0.318 e. The van der Waals surface area contributed by atoms with Crippen molar-refractivity contribution in [3.8, 4) is 6.01 Å². The van der Waals surface area contributed by atoms with Crippen LogP contribution in [0.3, 0.4) is 0 Å². The number of hydrogen-bond acceptors (Lipinski definition) is 7. The second kappa shape index (κ2) is 5.97. The molecule has 3 heterocycles. The molecule has 2 aromatic rings. The van der Waals surface area contributed by atoms with Crippen molar-refractivity contribution in [2.24, 2.45) is 5.41 Å². The van der Waals surface area contributed by atoms with Gasteiger partial charge in [-0.2, -0.15) is 9.97 Å². The van der Waals surface area contributed by atoms with E-state index in [1.54, 1.807) is 0 Å². The van der Waals surface area contributed by atoms with Crippen molar-refractivity contribution in [2.75, 3.05) is 19.7 Å². The van der Waals surface area contributed by atoms with Crippen LogP contribution < -0.4 is 15.4 Å². The van der Waals surface area contributed by atoms with E-state index in [9.17, 15) is 4.79 Å². The molecule has 0 unspecified atom stereocenters. The molecule has 9 nitrogen and oxygen atoms in total. The lowest BCUT2D eigenvalue weighted by molar-refractivity contribution is -0.120. The topological polar surface area (TPSA) is 118 Å². The highest BCUT2D eigenvalue weighted by Gasteiger charge is 2.41. The Bertz CT molecular complexity index is 744. The molecule has 0 aromatic carbocycles. The van der Waals surface area contributed by atoms with Crippen LogP contribution in [0.5, 0.6) is 6.01 Å². The molecule has 1 amide bonds. The van der Waals surface area contributed by atoms with Gasteiger partial charge in [0, 0.05) is 13.5 Å². The minimum Gasteiger partial charge on any atom is -0.463 e. The second-order valence-electron chi connectivity index (χ2n) is 7.40. The third kappa shape index (κ3) is 3.30. The molecular weight excluding hydrogens is 310 g/mol. The Morgan fingerprint density at radius 3 is 2.79 bits per heavy atom. The number of ether oxygens (including phenoxy) is 1. The Kier molecular flexibility index (Phi) is 4.12. The molecule has 0 spiro atoms. The van der Waals surface area contributed by atoms with Crippen molar-refractivity contribution in [3.05, 3.63) is 5.69 Å². The predicted molar refractivity (Wildman–Crippen MR) is 87.4 cm³/mol. The summed E-state index contributed by atoms with van der Waals surface area (Å²) < 4.78 is 5.77. The molecule has 0 radical (unpaired) electrons. The normalized spacial score (nSPS) is 21.2. The van der Waals surface area contributed by atoms with E-state index in [0.717, 1.165) is 6.54 Å². The van der Waals surface area contributed by atoms with Crippen molar-refractivity contribution in [1.29, 1.82) is 0 Å². The summed E-state index contributed by atoms with van der Waals surface area (Å²) in [5.41, 5.74) is 1.03. The zero-order valence-corrected chi connectivity index (χ0v) is 14.4. The van der Waals surface area contributed by atoms with Gasteiger partial charge in [0.25, 0.3) is 0 Å². The number of aromatic amines is 1. The number of fused-ring (bicyclic) bond motifs is 1. The quantitative estimate of drug-likeness (QED) is 0.745. The van der Waals surface area contributed by atoms with Gasteiger partial charge in [-0.15, -0.1) is 5.10 Å². The molecule has 1 aliphatic rings. The third-order valence-electron chi connectivity index (χ3n) is 3.83. The largest absolute Gasteiger partial charge is 0.463 e. The van der Waals surface area contributed by atoms with Gasteiger partial charge in [0.2, 0.25) is 5.91 Å². The van der Waals surface area contributed by atoms with E-state index in [1.807, 2.05) is 0 Å². The zero-order valence-electron chi connectivity index (χ0n) is 14.4. The summed E-state index contributed by atoms with van der Waals surface area (Å²) in [6.07, 6.45) is 0.713. The van der Waals surface area contributed by atoms with E-state index >= 15 is 0 Å². The Morgan fingerprint density at radius 2 is 2.17 bits per heavy atom. The Balaban J connectivity index is 2.04. The Hall–Kier alpha value is -2.29. The fraction of sp³-hybridized carbons (Fsp3) is 0.667. The first-order valence-electron chi connectivity index (χ1n) is 8.01. The molecule has 2 aromatic heterocycles. The van der Waals surface area contributed by atoms with Gasteiger partial charge >= 0.3 is 6.01 Å². The highest BCUT2D eigenvalue weighted by molar-refractivity contribution is 5.78. The number of rotatable bonds is 4. The minimum absolute atomic E-state index is 0.0189. The van der Waals surface area contributed by atoms with Crippen LogP contribution >= 0.6 is 0 Å².